The van der Waals surface area contributed by atoms with Gasteiger partial charge < -0.3 is 9.47 Å². The molecule has 104 valence electrons. The molecule has 1 rings (SSSR count). The van der Waals surface area contributed by atoms with E-state index in [4.69, 9.17) is 9.47 Å². The lowest BCUT2D eigenvalue weighted by Crippen LogP contribution is -2.52. The van der Waals surface area contributed by atoms with Crippen molar-refractivity contribution >= 4 is 11.9 Å². The molecule has 1 aliphatic rings. The fraction of sp³-hybridized carbons (Fsp3) is 0.846. The average molecular weight is 257 g/mol. The van der Waals surface area contributed by atoms with Crippen molar-refractivity contribution in [2.45, 2.75) is 65.3 Å². The number of ether oxygens (including phenoxy) is 2. The molecule has 1 aliphatic heterocycles. The summed E-state index contributed by atoms with van der Waals surface area (Å²) in [4.78, 5) is 25.4. The van der Waals surface area contributed by atoms with Crippen LogP contribution in [0.25, 0.3) is 0 Å². The van der Waals surface area contributed by atoms with Gasteiger partial charge in [0.15, 0.2) is 5.78 Å². The van der Waals surface area contributed by atoms with Crippen LogP contribution in [-0.4, -0.2) is 40.8 Å². The molecule has 5 nitrogen and oxygen atoms in total. The summed E-state index contributed by atoms with van der Waals surface area (Å²) in [5, 5.41) is 0. The zero-order valence-electron chi connectivity index (χ0n) is 12.1. The summed E-state index contributed by atoms with van der Waals surface area (Å²) in [6, 6.07) is -0.542. The van der Waals surface area contributed by atoms with Crippen LogP contribution in [0.4, 0.5) is 4.79 Å². The summed E-state index contributed by atoms with van der Waals surface area (Å²) in [7, 11) is 0. The summed E-state index contributed by atoms with van der Waals surface area (Å²) < 4.78 is 10.9. The number of carbonyl (C=O) groups is 2. The lowest BCUT2D eigenvalue weighted by Gasteiger charge is -2.34. The fourth-order valence-electron chi connectivity index (χ4n) is 1.93. The van der Waals surface area contributed by atoms with Crippen molar-refractivity contribution in [1.29, 1.82) is 0 Å². The number of carbonyl (C=O) groups excluding carboxylic acids is 2. The fourth-order valence-corrected chi connectivity index (χ4v) is 1.93. The summed E-state index contributed by atoms with van der Waals surface area (Å²) in [6.07, 6.45) is -0.125. The minimum atomic E-state index is -0.808. The van der Waals surface area contributed by atoms with Crippen LogP contribution in [0.3, 0.4) is 0 Å². The van der Waals surface area contributed by atoms with Crippen molar-refractivity contribution in [2.24, 2.45) is 0 Å². The van der Waals surface area contributed by atoms with E-state index < -0.39 is 23.5 Å². The molecule has 1 amide bonds. The largest absolute Gasteiger partial charge is 0.444 e. The molecule has 0 aromatic rings. The average Bonchev–Trinajstić information content (AvgIpc) is 2.50. The van der Waals surface area contributed by atoms with Crippen LogP contribution >= 0.6 is 0 Å². The number of ketones is 1. The molecule has 18 heavy (non-hydrogen) atoms. The first kappa shape index (κ1) is 15.0. The van der Waals surface area contributed by atoms with Gasteiger partial charge in [0.25, 0.3) is 0 Å². The molecule has 0 radical (unpaired) electrons. The van der Waals surface area contributed by atoms with Crippen molar-refractivity contribution in [3.8, 4) is 0 Å². The number of hydrogen-bond acceptors (Lipinski definition) is 4. The number of amides is 1. The minimum Gasteiger partial charge on any atom is -0.444 e. The van der Waals surface area contributed by atoms with Gasteiger partial charge in [0, 0.05) is 6.42 Å². The summed E-state index contributed by atoms with van der Waals surface area (Å²) >= 11 is 0. The Hall–Kier alpha value is -1.10. The third kappa shape index (κ3) is 3.22. The predicted octanol–water partition coefficient (Wildman–Crippen LogP) is 2.34. The van der Waals surface area contributed by atoms with Crippen LogP contribution in [-0.2, 0) is 14.3 Å². The van der Waals surface area contributed by atoms with Gasteiger partial charge in [-0.2, -0.15) is 0 Å². The molecular formula is C13H23NO4. The van der Waals surface area contributed by atoms with E-state index in [2.05, 4.69) is 0 Å². The van der Waals surface area contributed by atoms with Crippen LogP contribution < -0.4 is 0 Å². The van der Waals surface area contributed by atoms with Crippen LogP contribution in [0.5, 0.6) is 0 Å². The van der Waals surface area contributed by atoms with Crippen LogP contribution in [0.2, 0.25) is 0 Å². The van der Waals surface area contributed by atoms with Crippen LogP contribution in [0.15, 0.2) is 0 Å². The molecule has 5 heteroatoms. The van der Waals surface area contributed by atoms with Gasteiger partial charge in [-0.3, -0.25) is 9.69 Å². The van der Waals surface area contributed by atoms with Crippen molar-refractivity contribution in [3.05, 3.63) is 0 Å². The minimum absolute atomic E-state index is 0.00793. The molecule has 1 fully saturated rings. The highest BCUT2D eigenvalue weighted by Gasteiger charge is 2.47. The molecule has 0 aliphatic carbocycles. The molecular weight excluding hydrogens is 234 g/mol. The Bertz CT molecular complexity index is 343. The zero-order chi connectivity index (χ0) is 14.1. The first-order valence-corrected chi connectivity index (χ1v) is 6.27. The number of rotatable bonds is 2. The SMILES string of the molecule is CCC(=O)[C@@H]1COC(C)(C)N1C(=O)OC(C)(C)C. The monoisotopic (exact) mass is 257 g/mol. The highest BCUT2D eigenvalue weighted by Crippen LogP contribution is 2.30. The van der Waals surface area contributed by atoms with Crippen molar-refractivity contribution in [2.75, 3.05) is 6.61 Å². The Morgan fingerprint density at radius 1 is 1.39 bits per heavy atom. The van der Waals surface area contributed by atoms with Crippen LogP contribution in [0, 0.1) is 0 Å². The lowest BCUT2D eigenvalue weighted by molar-refractivity contribution is -0.124. The van der Waals surface area contributed by atoms with Crippen molar-refractivity contribution in [3.63, 3.8) is 0 Å². The highest BCUT2D eigenvalue weighted by molar-refractivity contribution is 5.88. The van der Waals surface area contributed by atoms with Gasteiger partial charge >= 0.3 is 6.09 Å². The van der Waals surface area contributed by atoms with E-state index in [-0.39, 0.29) is 12.4 Å². The second-order valence-electron chi connectivity index (χ2n) is 5.94. The molecule has 0 spiro atoms. The van der Waals surface area contributed by atoms with Crippen molar-refractivity contribution in [1.82, 2.24) is 4.90 Å². The maximum atomic E-state index is 12.2. The Labute approximate surface area is 108 Å². The van der Waals surface area contributed by atoms with Gasteiger partial charge in [-0.1, -0.05) is 6.92 Å². The molecule has 0 aromatic heterocycles. The van der Waals surface area contributed by atoms with E-state index in [1.165, 1.54) is 4.90 Å². The predicted molar refractivity (Wildman–Crippen MR) is 67.2 cm³/mol. The second-order valence-corrected chi connectivity index (χ2v) is 5.94. The third-order valence-electron chi connectivity index (χ3n) is 2.80. The standard InChI is InChI=1S/C13H23NO4/c1-7-10(15)9-8-17-13(5,6)14(9)11(16)18-12(2,3)4/h9H,7-8H2,1-6H3/t9-/m0/s1. The summed E-state index contributed by atoms with van der Waals surface area (Å²) in [5.41, 5.74) is -1.40. The van der Waals surface area contributed by atoms with E-state index in [0.29, 0.717) is 6.42 Å². The molecule has 0 N–H and O–H groups in total. The Morgan fingerprint density at radius 3 is 2.39 bits per heavy atom. The zero-order valence-corrected chi connectivity index (χ0v) is 12.1. The van der Waals surface area contributed by atoms with Crippen molar-refractivity contribution < 1.29 is 19.1 Å². The molecule has 1 saturated heterocycles. The molecule has 0 aromatic carbocycles. The topological polar surface area (TPSA) is 55.8 Å². The van der Waals surface area contributed by atoms with Gasteiger partial charge in [-0.15, -0.1) is 0 Å². The normalized spacial score (nSPS) is 23.0. The second kappa shape index (κ2) is 4.88. The summed E-state index contributed by atoms with van der Waals surface area (Å²) in [6.45, 7) is 10.9. The smallest absolute Gasteiger partial charge is 0.413 e. The molecule has 0 unspecified atom stereocenters. The van der Waals surface area contributed by atoms with E-state index in [0.717, 1.165) is 0 Å². The van der Waals surface area contributed by atoms with E-state index in [9.17, 15) is 9.59 Å². The highest BCUT2D eigenvalue weighted by atomic mass is 16.6. The first-order chi connectivity index (χ1) is 8.08. The summed E-state index contributed by atoms with van der Waals surface area (Å²) in [5.74, 6) is -0.00793. The quantitative estimate of drug-likeness (QED) is 0.762. The van der Waals surface area contributed by atoms with Gasteiger partial charge in [0.1, 0.15) is 17.4 Å². The Kier molecular flexibility index (Phi) is 4.05. The number of hydrogen-bond donors (Lipinski definition) is 0. The van der Waals surface area contributed by atoms with Crippen LogP contribution in [0.1, 0.15) is 48.0 Å². The molecule has 0 bridgehead atoms. The van der Waals surface area contributed by atoms with Gasteiger partial charge in [0.2, 0.25) is 0 Å². The first-order valence-electron chi connectivity index (χ1n) is 6.27. The van der Waals surface area contributed by atoms with E-state index in [1.807, 2.05) is 0 Å². The molecule has 1 atom stereocenters. The lowest BCUT2D eigenvalue weighted by atomic mass is 10.1. The maximum Gasteiger partial charge on any atom is 0.413 e. The van der Waals surface area contributed by atoms with Gasteiger partial charge in [-0.25, -0.2) is 4.79 Å². The van der Waals surface area contributed by atoms with Gasteiger partial charge in [-0.05, 0) is 34.6 Å². The Balaban J connectivity index is 2.92. The van der Waals surface area contributed by atoms with E-state index in [1.54, 1.807) is 41.5 Å². The Morgan fingerprint density at radius 2 is 1.94 bits per heavy atom. The van der Waals surface area contributed by atoms with Gasteiger partial charge in [0.05, 0.1) is 6.61 Å². The molecule has 0 saturated carbocycles. The van der Waals surface area contributed by atoms with E-state index >= 15 is 0 Å². The third-order valence-corrected chi connectivity index (χ3v) is 2.80. The number of Topliss-reactive ketones (excluding diaryl/α,β-unsaturated/α-hetero) is 1. The number of nitrogens with zero attached hydrogens (tertiary/aromatic N) is 1. The maximum absolute atomic E-state index is 12.2. The molecule has 1 heterocycles.